The number of rotatable bonds is 7. The van der Waals surface area contributed by atoms with Crippen LogP contribution in [0.5, 0.6) is 0 Å². The lowest BCUT2D eigenvalue weighted by Gasteiger charge is -2.34. The van der Waals surface area contributed by atoms with E-state index in [0.29, 0.717) is 15.9 Å². The first-order valence-electron chi connectivity index (χ1n) is 9.99. The molecule has 8 heteroatoms. The predicted molar refractivity (Wildman–Crippen MR) is 120 cm³/mol. The van der Waals surface area contributed by atoms with Crippen molar-refractivity contribution in [3.05, 3.63) is 46.6 Å². The summed E-state index contributed by atoms with van der Waals surface area (Å²) in [6.07, 6.45) is 0. The minimum atomic E-state index is -0.0508. The van der Waals surface area contributed by atoms with Gasteiger partial charge in [-0.3, -0.25) is 4.79 Å². The minimum Gasteiger partial charge on any atom is -0.354 e. The van der Waals surface area contributed by atoms with Crippen LogP contribution in [0, 0.1) is 0 Å². The van der Waals surface area contributed by atoms with Gasteiger partial charge in [-0.2, -0.15) is 0 Å². The third-order valence-electron chi connectivity index (χ3n) is 4.81. The van der Waals surface area contributed by atoms with Gasteiger partial charge in [0, 0.05) is 49.6 Å². The molecule has 0 bridgehead atoms. The first-order chi connectivity index (χ1) is 13.9. The molecule has 1 amide bonds. The lowest BCUT2D eigenvalue weighted by Crippen LogP contribution is -2.46. The van der Waals surface area contributed by atoms with Gasteiger partial charge < -0.3 is 15.1 Å². The number of carbonyl (C=O) groups excluding carboxylic acids is 1. The number of piperazine rings is 1. The third kappa shape index (κ3) is 6.32. The molecule has 0 saturated carbocycles. The summed E-state index contributed by atoms with van der Waals surface area (Å²) in [5, 5.41) is 4.04. The van der Waals surface area contributed by atoms with Crippen molar-refractivity contribution in [3.63, 3.8) is 0 Å². The van der Waals surface area contributed by atoms with E-state index in [1.165, 1.54) is 0 Å². The number of amides is 1. The lowest BCUT2D eigenvalue weighted by molar-refractivity contribution is 0.0943. The molecule has 156 valence electrons. The molecule has 0 aliphatic carbocycles. The van der Waals surface area contributed by atoms with Gasteiger partial charge in [0.25, 0.3) is 5.91 Å². The van der Waals surface area contributed by atoms with Crippen molar-refractivity contribution in [2.45, 2.75) is 37.7 Å². The molecule has 0 atom stereocenters. The van der Waals surface area contributed by atoms with Crippen LogP contribution in [0.25, 0.3) is 0 Å². The summed E-state index contributed by atoms with van der Waals surface area (Å²) in [4.78, 5) is 25.8. The van der Waals surface area contributed by atoms with Crippen molar-refractivity contribution < 1.29 is 4.79 Å². The Morgan fingerprint density at radius 3 is 2.48 bits per heavy atom. The molecule has 3 rings (SSSR count). The van der Waals surface area contributed by atoms with Crippen molar-refractivity contribution in [2.75, 3.05) is 37.6 Å². The van der Waals surface area contributed by atoms with E-state index in [0.717, 1.165) is 49.9 Å². The van der Waals surface area contributed by atoms with Gasteiger partial charge in [0.05, 0.1) is 0 Å². The van der Waals surface area contributed by atoms with Crippen LogP contribution in [0.15, 0.2) is 35.5 Å². The summed E-state index contributed by atoms with van der Waals surface area (Å²) >= 11 is 7.81. The molecule has 1 aromatic carbocycles. The van der Waals surface area contributed by atoms with E-state index >= 15 is 0 Å². The van der Waals surface area contributed by atoms with Crippen LogP contribution >= 0.6 is 23.4 Å². The third-order valence-corrected chi connectivity index (χ3v) is 5.92. The first kappa shape index (κ1) is 21.9. The zero-order valence-electron chi connectivity index (χ0n) is 17.2. The average molecular weight is 434 g/mol. The fourth-order valence-corrected chi connectivity index (χ4v) is 4.19. The second-order valence-electron chi connectivity index (χ2n) is 7.37. The van der Waals surface area contributed by atoms with E-state index in [4.69, 9.17) is 16.6 Å². The predicted octanol–water partition coefficient (Wildman–Crippen LogP) is 3.70. The zero-order chi connectivity index (χ0) is 20.8. The Kier molecular flexibility index (Phi) is 7.75. The summed E-state index contributed by atoms with van der Waals surface area (Å²) < 4.78 is 0. The van der Waals surface area contributed by atoms with Crippen LogP contribution < -0.4 is 10.2 Å². The number of carbonyl (C=O) groups is 1. The molecule has 1 aliphatic heterocycles. The zero-order valence-corrected chi connectivity index (χ0v) is 18.8. The molecule has 0 spiro atoms. The summed E-state index contributed by atoms with van der Waals surface area (Å²) in [6, 6.07) is 9.61. The lowest BCUT2D eigenvalue weighted by atomic mass is 10.1. The Morgan fingerprint density at radius 1 is 1.17 bits per heavy atom. The number of likely N-dealkylation sites (N-methyl/N-ethyl adjacent to an activating group) is 1. The molecule has 6 nitrogen and oxygen atoms in total. The Bertz CT molecular complexity index is 822. The normalized spacial score (nSPS) is 15.0. The Balaban J connectivity index is 1.61. The van der Waals surface area contributed by atoms with Crippen molar-refractivity contribution in [3.8, 4) is 0 Å². The number of hydrogen-bond acceptors (Lipinski definition) is 6. The SMILES string of the molecule is CCN1CCN(c2cc(Cl)nc(SCc3ccc(C(=O)NC(C)C)cc3)n2)CC1. The number of hydrogen-bond donors (Lipinski definition) is 1. The Morgan fingerprint density at radius 2 is 1.86 bits per heavy atom. The molecular weight excluding hydrogens is 406 g/mol. The molecule has 1 saturated heterocycles. The van der Waals surface area contributed by atoms with Gasteiger partial charge in [0.15, 0.2) is 5.16 Å². The van der Waals surface area contributed by atoms with E-state index in [1.54, 1.807) is 11.8 Å². The number of nitrogens with one attached hydrogen (secondary N) is 1. The van der Waals surface area contributed by atoms with Gasteiger partial charge >= 0.3 is 0 Å². The average Bonchev–Trinajstić information content (AvgIpc) is 2.72. The molecule has 1 N–H and O–H groups in total. The van der Waals surface area contributed by atoms with Gasteiger partial charge in [-0.1, -0.05) is 42.4 Å². The second kappa shape index (κ2) is 10.3. The Labute approximate surface area is 182 Å². The van der Waals surface area contributed by atoms with Crippen LogP contribution in [0.1, 0.15) is 36.7 Å². The fourth-order valence-electron chi connectivity index (χ4n) is 3.15. The molecule has 1 aliphatic rings. The van der Waals surface area contributed by atoms with Crippen molar-refractivity contribution in [2.24, 2.45) is 0 Å². The minimum absolute atomic E-state index is 0.0508. The monoisotopic (exact) mass is 433 g/mol. The fraction of sp³-hybridized carbons (Fsp3) is 0.476. The van der Waals surface area contributed by atoms with E-state index in [2.05, 4.69) is 27.0 Å². The van der Waals surface area contributed by atoms with Crippen molar-refractivity contribution in [1.29, 1.82) is 0 Å². The molecule has 1 aromatic heterocycles. The standard InChI is InChI=1S/C21H28ClN5OS/c1-4-26-9-11-27(12-10-26)19-13-18(22)24-21(25-19)29-14-16-5-7-17(8-6-16)20(28)23-15(2)3/h5-8,13,15H,4,9-12,14H2,1-3H3,(H,23,28). The maximum absolute atomic E-state index is 12.1. The van der Waals surface area contributed by atoms with E-state index in [-0.39, 0.29) is 11.9 Å². The van der Waals surface area contributed by atoms with Gasteiger partial charge in [-0.05, 0) is 38.1 Å². The van der Waals surface area contributed by atoms with E-state index < -0.39 is 0 Å². The highest BCUT2D eigenvalue weighted by atomic mass is 35.5. The molecule has 1 fully saturated rings. The van der Waals surface area contributed by atoms with Crippen LogP contribution in [0.4, 0.5) is 5.82 Å². The van der Waals surface area contributed by atoms with Crippen LogP contribution in [-0.4, -0.2) is 59.5 Å². The van der Waals surface area contributed by atoms with Gasteiger partial charge in [0.2, 0.25) is 0 Å². The number of thioether (sulfide) groups is 1. The first-order valence-corrected chi connectivity index (χ1v) is 11.4. The maximum Gasteiger partial charge on any atom is 0.251 e. The van der Waals surface area contributed by atoms with E-state index in [9.17, 15) is 4.79 Å². The van der Waals surface area contributed by atoms with Crippen LogP contribution in [0.3, 0.4) is 0 Å². The van der Waals surface area contributed by atoms with Gasteiger partial charge in [-0.25, -0.2) is 9.97 Å². The van der Waals surface area contributed by atoms with Gasteiger partial charge in [0.1, 0.15) is 11.0 Å². The highest BCUT2D eigenvalue weighted by molar-refractivity contribution is 7.98. The number of aromatic nitrogens is 2. The number of anilines is 1. The molecule has 0 unspecified atom stereocenters. The summed E-state index contributed by atoms with van der Waals surface area (Å²) in [7, 11) is 0. The van der Waals surface area contributed by atoms with Crippen LogP contribution in [0.2, 0.25) is 5.15 Å². The summed E-state index contributed by atoms with van der Waals surface area (Å²) in [5.74, 6) is 1.56. The highest BCUT2D eigenvalue weighted by Crippen LogP contribution is 2.25. The van der Waals surface area contributed by atoms with Gasteiger partial charge in [-0.15, -0.1) is 0 Å². The van der Waals surface area contributed by atoms with Crippen molar-refractivity contribution in [1.82, 2.24) is 20.2 Å². The molecule has 2 aromatic rings. The molecule has 29 heavy (non-hydrogen) atoms. The molecule has 2 heterocycles. The van der Waals surface area contributed by atoms with Crippen LogP contribution in [-0.2, 0) is 5.75 Å². The largest absolute Gasteiger partial charge is 0.354 e. The quantitative estimate of drug-likeness (QED) is 0.408. The number of halogens is 1. The van der Waals surface area contributed by atoms with Crippen molar-refractivity contribution >= 4 is 35.1 Å². The molecule has 0 radical (unpaired) electrons. The number of benzene rings is 1. The second-order valence-corrected chi connectivity index (χ2v) is 8.70. The summed E-state index contributed by atoms with van der Waals surface area (Å²) in [5.41, 5.74) is 1.78. The smallest absolute Gasteiger partial charge is 0.251 e. The Hall–Kier alpha value is -1.83. The highest BCUT2D eigenvalue weighted by Gasteiger charge is 2.18. The topological polar surface area (TPSA) is 61.4 Å². The van der Waals surface area contributed by atoms with E-state index in [1.807, 2.05) is 44.2 Å². The summed E-state index contributed by atoms with van der Waals surface area (Å²) in [6.45, 7) is 11.1. The molecular formula is C21H28ClN5OS. The maximum atomic E-state index is 12.1. The number of nitrogens with zero attached hydrogens (tertiary/aromatic N) is 4.